The zero-order chi connectivity index (χ0) is 31.2. The maximum absolute atomic E-state index is 16.8. The van der Waals surface area contributed by atoms with Crippen molar-refractivity contribution in [3.05, 3.63) is 59.6 Å². The Morgan fingerprint density at radius 2 is 2.09 bits per heavy atom. The number of amides is 1. The lowest BCUT2D eigenvalue weighted by Gasteiger charge is -2.42. The van der Waals surface area contributed by atoms with E-state index in [1.165, 1.54) is 17.2 Å². The van der Waals surface area contributed by atoms with E-state index in [0.29, 0.717) is 54.7 Å². The van der Waals surface area contributed by atoms with Gasteiger partial charge in [-0.15, -0.1) is 0 Å². The summed E-state index contributed by atoms with van der Waals surface area (Å²) in [5.41, 5.74) is 4.93. The first kappa shape index (κ1) is 29.2. The van der Waals surface area contributed by atoms with E-state index in [9.17, 15) is 15.3 Å². The van der Waals surface area contributed by atoms with Gasteiger partial charge >= 0.3 is 0 Å². The van der Waals surface area contributed by atoms with Crippen LogP contribution in [-0.4, -0.2) is 77.6 Å². The highest BCUT2D eigenvalue weighted by Gasteiger charge is 2.46. The molecular formula is C35H36FN7O2. The summed E-state index contributed by atoms with van der Waals surface area (Å²) >= 11 is 0. The molecule has 10 heteroatoms. The molecule has 2 aliphatic carbocycles. The molecule has 0 bridgehead atoms. The van der Waals surface area contributed by atoms with Crippen molar-refractivity contribution in [1.82, 2.24) is 19.8 Å². The molecule has 4 heterocycles. The summed E-state index contributed by atoms with van der Waals surface area (Å²) in [6, 6.07) is 10.3. The number of halogens is 1. The van der Waals surface area contributed by atoms with Crippen LogP contribution in [0.2, 0.25) is 0 Å². The summed E-state index contributed by atoms with van der Waals surface area (Å²) in [7, 11) is 2.07. The molecule has 3 aromatic rings. The third-order valence-corrected chi connectivity index (χ3v) is 10.2. The summed E-state index contributed by atoms with van der Waals surface area (Å²) in [5, 5.41) is 20.0. The molecule has 1 amide bonds. The average molecular weight is 606 g/mol. The number of nitrogens with zero attached hydrogens (tertiary/aromatic N) is 7. The van der Waals surface area contributed by atoms with E-state index in [1.807, 2.05) is 17.0 Å². The van der Waals surface area contributed by atoms with Crippen LogP contribution in [0.4, 0.5) is 10.1 Å². The summed E-state index contributed by atoms with van der Waals surface area (Å²) < 4.78 is 23.2. The Morgan fingerprint density at radius 1 is 1.22 bits per heavy atom. The van der Waals surface area contributed by atoms with E-state index >= 15 is 4.39 Å². The van der Waals surface area contributed by atoms with Crippen LogP contribution in [0.5, 0.6) is 5.88 Å². The molecule has 2 aromatic heterocycles. The van der Waals surface area contributed by atoms with Crippen molar-refractivity contribution in [3.63, 3.8) is 0 Å². The van der Waals surface area contributed by atoms with Gasteiger partial charge in [0, 0.05) is 42.8 Å². The van der Waals surface area contributed by atoms with Gasteiger partial charge < -0.3 is 19.4 Å². The minimum atomic E-state index is -0.508. The van der Waals surface area contributed by atoms with Gasteiger partial charge in [-0.1, -0.05) is 24.8 Å². The lowest BCUT2D eigenvalue weighted by Crippen LogP contribution is -2.55. The normalized spacial score (nSPS) is 23.7. The Hall–Kier alpha value is -4.54. The van der Waals surface area contributed by atoms with Crippen LogP contribution in [0.15, 0.2) is 37.1 Å². The number of pyridine rings is 2. The molecule has 230 valence electrons. The number of likely N-dealkylation sites (tertiary alicyclic amines) is 1. The second kappa shape index (κ2) is 11.8. The summed E-state index contributed by atoms with van der Waals surface area (Å²) in [6.07, 6.45) is 7.29. The van der Waals surface area contributed by atoms with E-state index in [0.717, 1.165) is 37.8 Å². The molecule has 1 aromatic carbocycles. The maximum atomic E-state index is 16.8. The second-order valence-electron chi connectivity index (χ2n) is 12.7. The fourth-order valence-corrected chi connectivity index (χ4v) is 7.75. The number of aromatic nitrogens is 2. The van der Waals surface area contributed by atoms with Gasteiger partial charge in [-0.3, -0.25) is 9.78 Å². The maximum Gasteiger partial charge on any atom is 0.246 e. The third-order valence-electron chi connectivity index (χ3n) is 10.2. The van der Waals surface area contributed by atoms with Gasteiger partial charge in [-0.2, -0.15) is 10.5 Å². The lowest BCUT2D eigenvalue weighted by atomic mass is 9.96. The largest absolute Gasteiger partial charge is 0.476 e. The molecule has 3 fully saturated rings. The highest BCUT2D eigenvalue weighted by Crippen LogP contribution is 2.58. The van der Waals surface area contributed by atoms with E-state index in [-0.39, 0.29) is 41.9 Å². The van der Waals surface area contributed by atoms with Gasteiger partial charge in [0.05, 0.1) is 42.3 Å². The van der Waals surface area contributed by atoms with Crippen LogP contribution in [-0.2, 0) is 17.6 Å². The fourth-order valence-electron chi connectivity index (χ4n) is 7.75. The van der Waals surface area contributed by atoms with Crippen LogP contribution in [0.3, 0.4) is 0 Å². The Labute approximate surface area is 262 Å². The monoisotopic (exact) mass is 605 g/mol. The van der Waals surface area contributed by atoms with E-state index in [2.05, 4.69) is 36.7 Å². The van der Waals surface area contributed by atoms with E-state index in [1.54, 1.807) is 11.1 Å². The molecule has 9 nitrogen and oxygen atoms in total. The van der Waals surface area contributed by atoms with Crippen LogP contribution >= 0.6 is 0 Å². The Balaban J connectivity index is 1.37. The third kappa shape index (κ3) is 5.07. The molecule has 2 aliphatic heterocycles. The first-order valence-electron chi connectivity index (χ1n) is 15.8. The molecule has 4 atom stereocenters. The standard InChI is InChI=1S/C35H36FN7O2/c1-3-29(44)43-15-14-42(19-23(43)9-11-37)34-26(10-12-38)35(45-20-24-7-5-13-41(24)2)40-33-28(34)18-39-32(31(33)36)25-8-4-6-21-16-22-17-27(22)30(21)25/h3-4,6,8,18,22-24,27H,1,5,7,9-10,13-17,19-20H2,2H3. The van der Waals surface area contributed by atoms with Gasteiger partial charge in [0.15, 0.2) is 5.82 Å². The number of nitriles is 2. The molecule has 7 rings (SSSR count). The SMILES string of the molecule is C=CC(=O)N1CCN(c2c(CC#N)c(OCC3CCCN3C)nc3c(F)c(-c4cccc5c4C4CC4C5)ncc23)CC1CC#N. The first-order chi connectivity index (χ1) is 21.9. The number of anilines is 1. The second-order valence-corrected chi connectivity index (χ2v) is 12.7. The van der Waals surface area contributed by atoms with Gasteiger partial charge in [0.1, 0.15) is 17.8 Å². The highest BCUT2D eigenvalue weighted by molar-refractivity contribution is 5.97. The zero-order valence-electron chi connectivity index (χ0n) is 25.5. The number of carbonyl (C=O) groups excluding carboxylic acids is 1. The van der Waals surface area contributed by atoms with Gasteiger partial charge in [-0.05, 0) is 68.3 Å². The number of carbonyl (C=O) groups is 1. The van der Waals surface area contributed by atoms with Crippen molar-refractivity contribution >= 4 is 22.5 Å². The van der Waals surface area contributed by atoms with Crippen molar-refractivity contribution < 1.29 is 13.9 Å². The number of hydrogen-bond donors (Lipinski definition) is 0. The smallest absolute Gasteiger partial charge is 0.246 e. The molecule has 2 saturated heterocycles. The molecule has 4 unspecified atom stereocenters. The number of benzene rings is 1. The van der Waals surface area contributed by atoms with E-state index < -0.39 is 11.9 Å². The minimum Gasteiger partial charge on any atom is -0.476 e. The summed E-state index contributed by atoms with van der Waals surface area (Å²) in [5.74, 6) is 0.610. The number of rotatable bonds is 8. The Bertz CT molecular complexity index is 1780. The predicted octanol–water partition coefficient (Wildman–Crippen LogP) is 4.75. The van der Waals surface area contributed by atoms with Crippen molar-refractivity contribution in [2.45, 2.75) is 56.5 Å². The first-order valence-corrected chi connectivity index (χ1v) is 15.8. The van der Waals surface area contributed by atoms with Crippen LogP contribution < -0.4 is 9.64 Å². The Kier molecular flexibility index (Phi) is 7.63. The van der Waals surface area contributed by atoms with Crippen molar-refractivity contribution in [2.24, 2.45) is 5.92 Å². The highest BCUT2D eigenvalue weighted by atomic mass is 19.1. The van der Waals surface area contributed by atoms with Gasteiger partial charge in [0.2, 0.25) is 11.8 Å². The van der Waals surface area contributed by atoms with Crippen LogP contribution in [0.1, 0.15) is 48.3 Å². The molecule has 0 spiro atoms. The van der Waals surface area contributed by atoms with Gasteiger partial charge in [-0.25, -0.2) is 9.37 Å². The van der Waals surface area contributed by atoms with Crippen molar-refractivity contribution in [3.8, 4) is 29.3 Å². The van der Waals surface area contributed by atoms with Gasteiger partial charge in [0.25, 0.3) is 0 Å². The fraction of sp³-hybridized carbons (Fsp3) is 0.457. The molecule has 45 heavy (non-hydrogen) atoms. The molecule has 0 N–H and O–H groups in total. The molecular weight excluding hydrogens is 569 g/mol. The number of piperazine rings is 1. The molecule has 1 saturated carbocycles. The molecule has 0 radical (unpaired) electrons. The molecule has 4 aliphatic rings. The number of ether oxygens (including phenoxy) is 1. The zero-order valence-corrected chi connectivity index (χ0v) is 25.5. The minimum absolute atomic E-state index is 0.00145. The average Bonchev–Trinajstić information content (AvgIpc) is 3.52. The quantitative estimate of drug-likeness (QED) is 0.339. The van der Waals surface area contributed by atoms with E-state index in [4.69, 9.17) is 14.7 Å². The lowest BCUT2D eigenvalue weighted by molar-refractivity contribution is -0.128. The van der Waals surface area contributed by atoms with Crippen LogP contribution in [0.25, 0.3) is 22.2 Å². The number of likely N-dealkylation sites (N-methyl/N-ethyl adjacent to an activating group) is 1. The predicted molar refractivity (Wildman–Crippen MR) is 168 cm³/mol. The van der Waals surface area contributed by atoms with Crippen molar-refractivity contribution in [2.75, 3.05) is 44.7 Å². The topological polar surface area (TPSA) is 109 Å². The Morgan fingerprint density at radius 3 is 2.84 bits per heavy atom. The summed E-state index contributed by atoms with van der Waals surface area (Å²) in [6.45, 7) is 6.08. The summed E-state index contributed by atoms with van der Waals surface area (Å²) in [4.78, 5) is 28.1. The number of fused-ring (bicyclic) bond motifs is 4. The number of hydrogen-bond acceptors (Lipinski definition) is 8. The van der Waals surface area contributed by atoms with Crippen LogP contribution in [0, 0.1) is 34.4 Å². The van der Waals surface area contributed by atoms with Crippen molar-refractivity contribution in [1.29, 1.82) is 10.5 Å².